The summed E-state index contributed by atoms with van der Waals surface area (Å²) >= 11 is 8.70. The summed E-state index contributed by atoms with van der Waals surface area (Å²) in [6, 6.07) is 1.66. The number of nitrogens with zero attached hydrogens (tertiary/aromatic N) is 4. The first-order valence-electron chi connectivity index (χ1n) is 4.59. The van der Waals surface area contributed by atoms with Crippen molar-refractivity contribution in [1.29, 1.82) is 0 Å². The summed E-state index contributed by atoms with van der Waals surface area (Å²) in [5.41, 5.74) is -0.497. The predicted octanol–water partition coefficient (Wildman–Crippen LogP) is 3.31. The molecule has 0 aliphatic carbocycles. The molecule has 0 spiro atoms. The lowest BCUT2D eigenvalue weighted by Gasteiger charge is -2.09. The molecule has 0 aliphatic rings. The maximum absolute atomic E-state index is 12.7. The Balaban J connectivity index is 2.63. The van der Waals surface area contributed by atoms with Crippen LogP contribution >= 0.6 is 27.5 Å². The van der Waals surface area contributed by atoms with Crippen LogP contribution in [-0.2, 0) is 13.2 Å². The fourth-order valence-corrected chi connectivity index (χ4v) is 2.12. The second-order valence-corrected chi connectivity index (χ2v) is 4.55. The van der Waals surface area contributed by atoms with Gasteiger partial charge in [0.25, 0.3) is 0 Å². The summed E-state index contributed by atoms with van der Waals surface area (Å²) in [6.07, 6.45) is -4.49. The van der Waals surface area contributed by atoms with Crippen LogP contribution in [0.3, 0.4) is 0 Å². The lowest BCUT2D eigenvalue weighted by atomic mass is 10.2. The Morgan fingerprint density at radius 2 is 2.00 bits per heavy atom. The van der Waals surface area contributed by atoms with E-state index in [1.165, 1.54) is 4.68 Å². The smallest absolute Gasteiger partial charge is 0.245 e. The molecule has 0 radical (unpaired) electrons. The Bertz CT molecular complexity index is 576. The molecule has 0 bridgehead atoms. The lowest BCUT2D eigenvalue weighted by Crippen LogP contribution is -2.06. The largest absolute Gasteiger partial charge is 0.416 e. The van der Waals surface area contributed by atoms with Gasteiger partial charge in [-0.1, -0.05) is 16.8 Å². The van der Waals surface area contributed by atoms with Crippen LogP contribution < -0.4 is 0 Å². The molecule has 2 heterocycles. The van der Waals surface area contributed by atoms with Gasteiger partial charge >= 0.3 is 6.18 Å². The molecule has 0 saturated carbocycles. The first-order valence-corrected chi connectivity index (χ1v) is 5.76. The molecule has 0 N–H and O–H groups in total. The third kappa shape index (κ3) is 2.49. The van der Waals surface area contributed by atoms with Crippen molar-refractivity contribution >= 4 is 27.5 Å². The molecule has 0 amide bonds. The summed E-state index contributed by atoms with van der Waals surface area (Å²) in [5.74, 6) is 0. The Labute approximate surface area is 113 Å². The minimum atomic E-state index is -4.49. The summed E-state index contributed by atoms with van der Waals surface area (Å²) in [7, 11) is 1.54. The first kappa shape index (κ1) is 13.3. The predicted molar refractivity (Wildman–Crippen MR) is 61.9 cm³/mol. The highest BCUT2D eigenvalue weighted by Gasteiger charge is 2.32. The summed E-state index contributed by atoms with van der Waals surface area (Å²) in [4.78, 5) is 3.85. The zero-order chi connectivity index (χ0) is 13.5. The van der Waals surface area contributed by atoms with E-state index in [1.54, 1.807) is 7.05 Å². The average molecular weight is 342 g/mol. The fraction of sp³-hybridized carbons (Fsp3) is 0.222. The molecule has 0 atom stereocenters. The number of aryl methyl sites for hydroxylation is 1. The van der Waals surface area contributed by atoms with E-state index in [9.17, 15) is 13.2 Å². The molecule has 0 aromatic carbocycles. The molecular formula is C9H5BrClF3N4. The van der Waals surface area contributed by atoms with E-state index in [1.807, 2.05) is 0 Å². The van der Waals surface area contributed by atoms with Crippen molar-refractivity contribution in [1.82, 2.24) is 20.0 Å². The van der Waals surface area contributed by atoms with Crippen LogP contribution in [0.5, 0.6) is 0 Å². The van der Waals surface area contributed by atoms with Crippen LogP contribution in [0.2, 0.25) is 5.15 Å². The Hall–Kier alpha value is -1.15. The number of pyridine rings is 1. The van der Waals surface area contributed by atoms with Gasteiger partial charge in [-0.2, -0.15) is 13.2 Å². The molecule has 18 heavy (non-hydrogen) atoms. The molecule has 2 rings (SSSR count). The van der Waals surface area contributed by atoms with E-state index >= 15 is 0 Å². The van der Waals surface area contributed by atoms with Gasteiger partial charge in [0, 0.05) is 7.05 Å². The van der Waals surface area contributed by atoms with Gasteiger partial charge in [0.05, 0.1) is 11.3 Å². The van der Waals surface area contributed by atoms with Crippen molar-refractivity contribution in [2.45, 2.75) is 6.18 Å². The van der Waals surface area contributed by atoms with Crippen molar-refractivity contribution in [3.8, 4) is 11.4 Å². The molecule has 0 unspecified atom stereocenters. The highest BCUT2D eigenvalue weighted by atomic mass is 79.9. The zero-order valence-electron chi connectivity index (χ0n) is 8.83. The zero-order valence-corrected chi connectivity index (χ0v) is 11.2. The summed E-state index contributed by atoms with van der Waals surface area (Å²) in [6.45, 7) is 0. The van der Waals surface area contributed by atoms with E-state index in [2.05, 4.69) is 31.2 Å². The summed E-state index contributed by atoms with van der Waals surface area (Å²) < 4.78 is 39.6. The topological polar surface area (TPSA) is 43.6 Å². The van der Waals surface area contributed by atoms with Crippen molar-refractivity contribution in [2.24, 2.45) is 7.05 Å². The van der Waals surface area contributed by atoms with Crippen LogP contribution in [0.15, 0.2) is 16.7 Å². The number of hydrogen-bond acceptors (Lipinski definition) is 3. The van der Waals surface area contributed by atoms with Crippen molar-refractivity contribution < 1.29 is 13.2 Å². The SMILES string of the molecule is Cn1nnc(Br)c1-c1cc(C(F)(F)F)cc(Cl)n1. The third-order valence-corrected chi connectivity index (χ3v) is 2.88. The molecule has 2 aromatic heterocycles. The third-order valence-electron chi connectivity index (χ3n) is 2.15. The molecule has 0 saturated heterocycles. The van der Waals surface area contributed by atoms with Crippen LogP contribution in [0.4, 0.5) is 13.2 Å². The van der Waals surface area contributed by atoms with Gasteiger partial charge in [-0.15, -0.1) is 5.10 Å². The van der Waals surface area contributed by atoms with Gasteiger partial charge < -0.3 is 0 Å². The fourth-order valence-electron chi connectivity index (χ4n) is 1.39. The van der Waals surface area contributed by atoms with Gasteiger partial charge in [0.2, 0.25) is 0 Å². The van der Waals surface area contributed by atoms with E-state index in [0.717, 1.165) is 12.1 Å². The standard InChI is InChI=1S/C9H5BrClF3N4/c1-18-7(8(10)16-17-18)5-2-4(9(12,13)14)3-6(11)15-5/h2-3H,1H3. The maximum Gasteiger partial charge on any atom is 0.416 e. The molecule has 96 valence electrons. The quantitative estimate of drug-likeness (QED) is 0.748. The Morgan fingerprint density at radius 1 is 1.33 bits per heavy atom. The molecular weight excluding hydrogens is 336 g/mol. The molecule has 9 heteroatoms. The van der Waals surface area contributed by atoms with Crippen LogP contribution in [0.25, 0.3) is 11.4 Å². The van der Waals surface area contributed by atoms with Gasteiger partial charge in [-0.25, -0.2) is 9.67 Å². The Kier molecular flexibility index (Phi) is 3.33. The number of aromatic nitrogens is 4. The minimum Gasteiger partial charge on any atom is -0.245 e. The molecule has 0 fully saturated rings. The minimum absolute atomic E-state index is 0.0502. The van der Waals surface area contributed by atoms with E-state index in [0.29, 0.717) is 10.3 Å². The highest BCUT2D eigenvalue weighted by molar-refractivity contribution is 9.10. The number of hydrogen-bond donors (Lipinski definition) is 0. The Morgan fingerprint density at radius 3 is 2.50 bits per heavy atom. The normalized spacial score (nSPS) is 11.9. The second-order valence-electron chi connectivity index (χ2n) is 3.41. The van der Waals surface area contributed by atoms with Crippen molar-refractivity contribution in [3.05, 3.63) is 27.5 Å². The number of halogens is 5. The van der Waals surface area contributed by atoms with Gasteiger partial charge in [-0.05, 0) is 28.1 Å². The van der Waals surface area contributed by atoms with Crippen molar-refractivity contribution in [3.63, 3.8) is 0 Å². The van der Waals surface area contributed by atoms with Crippen LogP contribution in [-0.4, -0.2) is 20.0 Å². The second kappa shape index (κ2) is 4.51. The van der Waals surface area contributed by atoms with Gasteiger partial charge in [0.1, 0.15) is 10.8 Å². The monoisotopic (exact) mass is 340 g/mol. The van der Waals surface area contributed by atoms with Crippen LogP contribution in [0.1, 0.15) is 5.56 Å². The summed E-state index contributed by atoms with van der Waals surface area (Å²) in [5, 5.41) is 7.11. The molecule has 2 aromatic rings. The van der Waals surface area contributed by atoms with E-state index < -0.39 is 11.7 Å². The van der Waals surface area contributed by atoms with Crippen molar-refractivity contribution in [2.75, 3.05) is 0 Å². The highest BCUT2D eigenvalue weighted by Crippen LogP contribution is 2.34. The van der Waals surface area contributed by atoms with E-state index in [4.69, 9.17) is 11.6 Å². The van der Waals surface area contributed by atoms with Gasteiger partial charge in [0.15, 0.2) is 4.60 Å². The lowest BCUT2D eigenvalue weighted by molar-refractivity contribution is -0.137. The maximum atomic E-state index is 12.7. The van der Waals surface area contributed by atoms with Gasteiger partial charge in [-0.3, -0.25) is 0 Å². The number of alkyl halides is 3. The molecule has 0 aliphatic heterocycles. The molecule has 4 nitrogen and oxygen atoms in total. The van der Waals surface area contributed by atoms with E-state index in [-0.39, 0.29) is 10.8 Å². The van der Waals surface area contributed by atoms with Crippen LogP contribution in [0, 0.1) is 0 Å². The first-order chi connectivity index (χ1) is 8.29. The average Bonchev–Trinajstić information content (AvgIpc) is 2.56. The number of rotatable bonds is 1.